The number of hydrogen-bond acceptors (Lipinski definition) is 5. The monoisotopic (exact) mass is 434 g/mol. The molecule has 0 atom stereocenters. The van der Waals surface area contributed by atoms with E-state index in [9.17, 15) is 0 Å². The van der Waals surface area contributed by atoms with Crippen molar-refractivity contribution in [2.45, 2.75) is 31.2 Å². The van der Waals surface area contributed by atoms with Gasteiger partial charge in [0.1, 0.15) is 0 Å². The Labute approximate surface area is 124 Å². The van der Waals surface area contributed by atoms with Crippen LogP contribution in [0.15, 0.2) is 0 Å². The third-order valence-electron chi connectivity index (χ3n) is 3.22. The third-order valence-corrected chi connectivity index (χ3v) is 4.05. The molecule has 104 valence electrons. The first-order chi connectivity index (χ1) is 7.79. The smallest absolute Gasteiger partial charge is 0.0319 e. The standard InChI is InChI=1S/C9H17NS.CH5NO.CH4O.W/c1-11-8-9-4-2-6-10(9)7-3-5-9;1-2-3;1-2;/h2-8H2,1H3;2-3H,1H3;2H,1H3;. The average Bonchev–Trinajstić information content (AvgIpc) is 2.81. The summed E-state index contributed by atoms with van der Waals surface area (Å²) in [5.74, 6) is 1.37. The van der Waals surface area contributed by atoms with Gasteiger partial charge in [0.25, 0.3) is 0 Å². The van der Waals surface area contributed by atoms with Gasteiger partial charge in [-0.15, -0.1) is 0 Å². The second-order valence-corrected chi connectivity index (χ2v) is 4.94. The van der Waals surface area contributed by atoms with Crippen molar-refractivity contribution in [3.05, 3.63) is 0 Å². The molecule has 0 spiro atoms. The van der Waals surface area contributed by atoms with E-state index in [4.69, 9.17) is 10.3 Å². The number of aliphatic hydroxyl groups excluding tert-OH is 1. The molecule has 0 aliphatic carbocycles. The molecule has 2 aliphatic heterocycles. The summed E-state index contributed by atoms with van der Waals surface area (Å²) in [5, 5.41) is 14.3. The number of thioether (sulfide) groups is 1. The SMILES string of the molecule is CNO.CO.CSCC12CCCN1CCC2.[W]. The first-order valence-corrected chi connectivity index (χ1v) is 7.18. The summed E-state index contributed by atoms with van der Waals surface area (Å²) in [4.78, 5) is 2.73. The minimum Gasteiger partial charge on any atom is -0.400 e. The van der Waals surface area contributed by atoms with Gasteiger partial charge in [-0.1, -0.05) is 0 Å². The van der Waals surface area contributed by atoms with Crippen LogP contribution in [0, 0.1) is 0 Å². The van der Waals surface area contributed by atoms with Crippen LogP contribution in [0.1, 0.15) is 25.7 Å². The van der Waals surface area contributed by atoms with Crippen molar-refractivity contribution >= 4 is 11.8 Å². The van der Waals surface area contributed by atoms with Crippen molar-refractivity contribution < 1.29 is 31.4 Å². The Morgan fingerprint density at radius 1 is 1.24 bits per heavy atom. The van der Waals surface area contributed by atoms with E-state index in [1.165, 1.54) is 51.6 Å². The molecule has 0 bridgehead atoms. The molecule has 2 fully saturated rings. The quantitative estimate of drug-likeness (QED) is 0.571. The zero-order valence-corrected chi connectivity index (χ0v) is 14.9. The molecule has 0 saturated carbocycles. The summed E-state index contributed by atoms with van der Waals surface area (Å²) in [6, 6.07) is 0. The minimum atomic E-state index is 0. The van der Waals surface area contributed by atoms with Crippen LogP contribution in [0.5, 0.6) is 0 Å². The van der Waals surface area contributed by atoms with E-state index in [0.29, 0.717) is 5.54 Å². The molecule has 2 heterocycles. The van der Waals surface area contributed by atoms with Crippen LogP contribution in [0.4, 0.5) is 0 Å². The fraction of sp³-hybridized carbons (Fsp3) is 1.00. The maximum absolute atomic E-state index is 7.32. The summed E-state index contributed by atoms with van der Waals surface area (Å²) < 4.78 is 0. The van der Waals surface area contributed by atoms with Gasteiger partial charge in [0.05, 0.1) is 0 Å². The number of nitrogens with one attached hydrogen (secondary N) is 1. The molecule has 2 rings (SSSR count). The van der Waals surface area contributed by atoms with E-state index in [-0.39, 0.29) is 21.1 Å². The van der Waals surface area contributed by atoms with E-state index in [1.54, 1.807) is 5.48 Å². The van der Waals surface area contributed by atoms with Crippen molar-refractivity contribution in [3.8, 4) is 0 Å². The van der Waals surface area contributed by atoms with Gasteiger partial charge in [-0.2, -0.15) is 11.8 Å². The van der Waals surface area contributed by atoms with Gasteiger partial charge in [0.2, 0.25) is 0 Å². The van der Waals surface area contributed by atoms with E-state index in [1.807, 2.05) is 11.8 Å². The molecule has 0 amide bonds. The maximum Gasteiger partial charge on any atom is 0.0319 e. The summed E-state index contributed by atoms with van der Waals surface area (Å²) in [6.45, 7) is 2.75. The zero-order chi connectivity index (χ0) is 12.4. The summed E-state index contributed by atoms with van der Waals surface area (Å²) in [6.07, 6.45) is 8.06. The number of hydrogen-bond donors (Lipinski definition) is 3. The number of aliphatic hydroxyl groups is 1. The fourth-order valence-electron chi connectivity index (χ4n) is 2.73. The first kappa shape index (κ1) is 20.2. The summed E-state index contributed by atoms with van der Waals surface area (Å²) >= 11 is 2.02. The van der Waals surface area contributed by atoms with Crippen LogP contribution < -0.4 is 5.48 Å². The van der Waals surface area contributed by atoms with E-state index >= 15 is 0 Å². The minimum absolute atomic E-state index is 0. The predicted octanol–water partition coefficient (Wildman–Crippen LogP) is 1.18. The predicted molar refractivity (Wildman–Crippen MR) is 70.1 cm³/mol. The molecule has 0 aromatic heterocycles. The number of fused-ring (bicyclic) bond motifs is 1. The van der Waals surface area contributed by atoms with Gasteiger partial charge in [0, 0.05) is 46.5 Å². The van der Waals surface area contributed by atoms with Gasteiger partial charge in [0.15, 0.2) is 0 Å². The van der Waals surface area contributed by atoms with Crippen LogP contribution >= 0.6 is 11.8 Å². The normalized spacial score (nSPS) is 20.3. The van der Waals surface area contributed by atoms with Crippen molar-refractivity contribution in [2.24, 2.45) is 0 Å². The Morgan fingerprint density at radius 3 is 2.00 bits per heavy atom. The van der Waals surface area contributed by atoms with Gasteiger partial charge < -0.3 is 10.3 Å². The van der Waals surface area contributed by atoms with Gasteiger partial charge in [-0.3, -0.25) is 4.90 Å². The molecule has 0 aromatic carbocycles. The van der Waals surface area contributed by atoms with E-state index in [2.05, 4.69) is 11.2 Å². The van der Waals surface area contributed by atoms with Crippen LogP contribution in [0.3, 0.4) is 0 Å². The Kier molecular flexibility index (Phi) is 14.2. The van der Waals surface area contributed by atoms with Crippen molar-refractivity contribution in [1.82, 2.24) is 10.4 Å². The molecule has 4 nitrogen and oxygen atoms in total. The Bertz CT molecular complexity index is 166. The van der Waals surface area contributed by atoms with Crippen LogP contribution in [-0.4, -0.2) is 60.0 Å². The van der Waals surface area contributed by atoms with E-state index < -0.39 is 0 Å². The van der Waals surface area contributed by atoms with E-state index in [0.717, 1.165) is 7.11 Å². The zero-order valence-electron chi connectivity index (χ0n) is 11.1. The van der Waals surface area contributed by atoms with Crippen molar-refractivity contribution in [2.75, 3.05) is 39.3 Å². The van der Waals surface area contributed by atoms with Crippen LogP contribution in [-0.2, 0) is 21.1 Å². The van der Waals surface area contributed by atoms with Gasteiger partial charge >= 0.3 is 0 Å². The van der Waals surface area contributed by atoms with Crippen LogP contribution in [0.2, 0.25) is 0 Å². The largest absolute Gasteiger partial charge is 0.400 e. The molecule has 2 saturated heterocycles. The fourth-order valence-corrected chi connectivity index (χ4v) is 3.74. The molecule has 3 N–H and O–H groups in total. The molecule has 2 aliphatic rings. The van der Waals surface area contributed by atoms with Gasteiger partial charge in [-0.05, 0) is 45.0 Å². The topological polar surface area (TPSA) is 55.7 Å². The maximum atomic E-state index is 7.32. The Hall–Kier alpha value is 0.878. The molecular formula is C11H26N2O2SW. The first-order valence-electron chi connectivity index (χ1n) is 5.78. The van der Waals surface area contributed by atoms with Crippen LogP contribution in [0.25, 0.3) is 0 Å². The second-order valence-electron chi connectivity index (χ2n) is 4.08. The number of nitrogens with zero attached hydrogens (tertiary/aromatic N) is 1. The van der Waals surface area contributed by atoms with Crippen molar-refractivity contribution in [3.63, 3.8) is 0 Å². The van der Waals surface area contributed by atoms with Gasteiger partial charge in [-0.25, -0.2) is 5.48 Å². The summed E-state index contributed by atoms with van der Waals surface area (Å²) in [5.41, 5.74) is 2.40. The second kappa shape index (κ2) is 11.9. The summed E-state index contributed by atoms with van der Waals surface area (Å²) in [7, 11) is 2.43. The molecule has 0 unspecified atom stereocenters. The molecule has 6 heteroatoms. The molecule has 17 heavy (non-hydrogen) atoms. The number of rotatable bonds is 2. The van der Waals surface area contributed by atoms with Crippen molar-refractivity contribution in [1.29, 1.82) is 0 Å². The molecule has 0 aromatic rings. The third kappa shape index (κ3) is 6.04. The average molecular weight is 434 g/mol. The Morgan fingerprint density at radius 2 is 1.65 bits per heavy atom. The Balaban J connectivity index is 0. The molecular weight excluding hydrogens is 408 g/mol. The number of hydroxylamine groups is 1. The molecule has 0 radical (unpaired) electrons.